The number of rotatable bonds is 13. The normalized spacial score (nSPS) is 21.4. The number of benzene rings is 1. The Hall–Kier alpha value is -2.20. The first-order valence-corrected chi connectivity index (χ1v) is 18.2. The van der Waals surface area contributed by atoms with Crippen LogP contribution in [-0.4, -0.2) is 75.1 Å². The van der Waals surface area contributed by atoms with E-state index in [0.717, 1.165) is 24.8 Å². The molecule has 0 saturated heterocycles. The van der Waals surface area contributed by atoms with Gasteiger partial charge in [0.2, 0.25) is 0 Å². The van der Waals surface area contributed by atoms with Crippen LogP contribution in [0.5, 0.6) is 0 Å². The molecule has 236 valence electrons. The summed E-state index contributed by atoms with van der Waals surface area (Å²) in [6.07, 6.45) is 4.77. The molecule has 1 aromatic rings. The maximum atomic E-state index is 14.4. The fourth-order valence-electron chi connectivity index (χ4n) is 5.18. The van der Waals surface area contributed by atoms with E-state index in [4.69, 9.17) is 9.26 Å². The Morgan fingerprint density at radius 1 is 1.10 bits per heavy atom. The predicted molar refractivity (Wildman–Crippen MR) is 169 cm³/mol. The molecule has 0 spiro atoms. The number of aliphatic hydroxyl groups excluding tert-OH is 1. The minimum Gasteiger partial charge on any atom is -0.509 e. The van der Waals surface area contributed by atoms with Gasteiger partial charge in [-0.15, -0.1) is 0 Å². The van der Waals surface area contributed by atoms with Crippen LogP contribution in [0.3, 0.4) is 0 Å². The van der Waals surface area contributed by atoms with E-state index in [1.54, 1.807) is 17.0 Å². The van der Waals surface area contributed by atoms with Crippen LogP contribution in [0.1, 0.15) is 72.8 Å². The van der Waals surface area contributed by atoms with E-state index in [2.05, 4.69) is 30.9 Å². The van der Waals surface area contributed by atoms with Crippen LogP contribution in [-0.2, 0) is 34.9 Å². The van der Waals surface area contributed by atoms with Crippen molar-refractivity contribution in [3.63, 3.8) is 0 Å². The summed E-state index contributed by atoms with van der Waals surface area (Å²) >= 11 is 0. The second-order valence-corrected chi connectivity index (χ2v) is 17.8. The minimum absolute atomic E-state index is 0.0139. The van der Waals surface area contributed by atoms with Crippen LogP contribution in [0.4, 0.5) is 5.69 Å². The molecule has 0 aromatic heterocycles. The molecule has 1 unspecified atom stereocenters. The van der Waals surface area contributed by atoms with Crippen molar-refractivity contribution in [2.24, 2.45) is 15.6 Å². The number of hydrogen-bond acceptors (Lipinski definition) is 8. The molecule has 2 atom stereocenters. The van der Waals surface area contributed by atoms with Gasteiger partial charge in [0, 0.05) is 25.7 Å². The lowest BCUT2D eigenvalue weighted by molar-refractivity contribution is -0.128. The Bertz CT molecular complexity index is 1370. The van der Waals surface area contributed by atoms with E-state index in [1.807, 2.05) is 26.8 Å². The highest BCUT2D eigenvalue weighted by molar-refractivity contribution is 7.90. The van der Waals surface area contributed by atoms with Crippen molar-refractivity contribution in [1.29, 1.82) is 0 Å². The standard InChI is InChI=1S/C30H48N3O7PS/c1-29(2,3)15-16-33-26(30(4,5)6)25(34)24(28(33)35)27-31-22-14-13-21(12-10-9-11-19-42(8,37)38)20-23(22)41(36,32-27)40-18-17-39-7/h13-14,20,26,34H,9-12,15-19H2,1-8H3,(H,31,32,36)/t26-,41?/m1/s1. The number of unbranched alkanes of at least 4 members (excludes halogenated alkanes) is 2. The highest BCUT2D eigenvalue weighted by atomic mass is 32.2. The number of methoxy groups -OCH3 is 1. The molecule has 0 fully saturated rings. The second-order valence-electron chi connectivity index (χ2n) is 13.6. The van der Waals surface area contributed by atoms with Gasteiger partial charge >= 0.3 is 7.52 Å². The average Bonchev–Trinajstić information content (AvgIpc) is 3.11. The third-order valence-electron chi connectivity index (χ3n) is 7.35. The Kier molecular flexibility index (Phi) is 10.8. The zero-order chi connectivity index (χ0) is 31.5. The van der Waals surface area contributed by atoms with Crippen molar-refractivity contribution in [1.82, 2.24) is 4.90 Å². The van der Waals surface area contributed by atoms with Gasteiger partial charge in [-0.2, -0.15) is 4.76 Å². The topological polar surface area (TPSA) is 135 Å². The number of fused-ring (bicyclic) bond motifs is 1. The number of hydrogen-bond donors (Lipinski definition) is 2. The van der Waals surface area contributed by atoms with Crippen molar-refractivity contribution in [3.05, 3.63) is 35.1 Å². The van der Waals surface area contributed by atoms with Crippen LogP contribution in [0.15, 0.2) is 34.3 Å². The van der Waals surface area contributed by atoms with Crippen molar-refractivity contribution in [3.8, 4) is 0 Å². The summed E-state index contributed by atoms with van der Waals surface area (Å²) < 4.78 is 52.6. The summed E-state index contributed by atoms with van der Waals surface area (Å²) in [4.78, 5) is 15.6. The van der Waals surface area contributed by atoms with Crippen LogP contribution < -0.4 is 10.6 Å². The van der Waals surface area contributed by atoms with Gasteiger partial charge in [-0.25, -0.2) is 8.42 Å². The minimum atomic E-state index is -3.86. The molecule has 1 aromatic carbocycles. The third-order valence-corrected chi connectivity index (χ3v) is 10.4. The molecule has 2 N–H and O–H groups in total. The van der Waals surface area contributed by atoms with Gasteiger partial charge in [-0.1, -0.05) is 54.0 Å². The van der Waals surface area contributed by atoms with Crippen molar-refractivity contribution < 1.29 is 32.1 Å². The number of nitrogens with zero attached hydrogens (tertiary/aromatic N) is 2. The molecule has 2 aliphatic rings. The van der Waals surface area contributed by atoms with Gasteiger partial charge in [0.05, 0.1) is 30.2 Å². The SMILES string of the molecule is COCCOP1(=O)N=C(C2=C(O)[C@H](C(C)(C)C)N(CCC(C)(C)C)C2=O)Nc2ccc(CCCCCS(C)(=O)=O)cc21. The monoisotopic (exact) mass is 625 g/mol. The number of carbonyl (C=O) groups is 1. The molecule has 42 heavy (non-hydrogen) atoms. The lowest BCUT2D eigenvalue weighted by Crippen LogP contribution is -2.45. The number of carbonyl (C=O) groups excluding carboxylic acids is 1. The number of amides is 1. The van der Waals surface area contributed by atoms with Gasteiger partial charge in [0.25, 0.3) is 5.91 Å². The van der Waals surface area contributed by atoms with Crippen LogP contribution in [0.25, 0.3) is 0 Å². The highest BCUT2D eigenvalue weighted by Crippen LogP contribution is 2.53. The number of amidine groups is 1. The Balaban J connectivity index is 1.95. The second kappa shape index (κ2) is 13.2. The van der Waals surface area contributed by atoms with E-state index in [9.17, 15) is 22.9 Å². The van der Waals surface area contributed by atoms with Crippen LogP contribution >= 0.6 is 7.52 Å². The molecular weight excluding hydrogens is 577 g/mol. The number of aryl methyl sites for hydroxylation is 1. The van der Waals surface area contributed by atoms with E-state index >= 15 is 0 Å². The van der Waals surface area contributed by atoms with Crippen molar-refractivity contribution in [2.75, 3.05) is 44.2 Å². The zero-order valence-corrected chi connectivity index (χ0v) is 28.0. The average molecular weight is 626 g/mol. The maximum absolute atomic E-state index is 14.4. The summed E-state index contributed by atoms with van der Waals surface area (Å²) in [6.45, 7) is 12.9. The molecule has 2 heterocycles. The molecule has 10 nitrogen and oxygen atoms in total. The quantitative estimate of drug-likeness (QED) is 0.224. The summed E-state index contributed by atoms with van der Waals surface area (Å²) in [5.74, 6) is -0.260. The van der Waals surface area contributed by atoms with E-state index in [0.29, 0.717) is 30.4 Å². The summed E-state index contributed by atoms with van der Waals surface area (Å²) in [7, 11) is -5.33. The lowest BCUT2D eigenvalue weighted by Gasteiger charge is -2.36. The van der Waals surface area contributed by atoms with Gasteiger partial charge in [0.15, 0.2) is 5.84 Å². The summed E-state index contributed by atoms with van der Waals surface area (Å²) in [5.41, 5.74) is 0.956. The fraction of sp³-hybridized carbons (Fsp3) is 0.667. The predicted octanol–water partition coefficient (Wildman–Crippen LogP) is 5.25. The number of sulfone groups is 1. The highest BCUT2D eigenvalue weighted by Gasteiger charge is 2.48. The number of ether oxygens (including phenoxy) is 1. The van der Waals surface area contributed by atoms with Crippen LogP contribution in [0, 0.1) is 10.8 Å². The molecule has 0 aliphatic carbocycles. The first-order valence-electron chi connectivity index (χ1n) is 14.5. The smallest absolute Gasteiger partial charge is 0.348 e. The zero-order valence-electron chi connectivity index (χ0n) is 26.3. The summed E-state index contributed by atoms with van der Waals surface area (Å²) in [5, 5.41) is 15.0. The Labute approximate surface area is 251 Å². The largest absolute Gasteiger partial charge is 0.509 e. The lowest BCUT2D eigenvalue weighted by atomic mass is 9.84. The molecular formula is C30H48N3O7PS. The van der Waals surface area contributed by atoms with Gasteiger partial charge < -0.3 is 24.6 Å². The van der Waals surface area contributed by atoms with Gasteiger partial charge in [0.1, 0.15) is 21.2 Å². The first kappa shape index (κ1) is 34.3. The molecule has 0 radical (unpaired) electrons. The first-order chi connectivity index (χ1) is 19.4. The van der Waals surface area contributed by atoms with Gasteiger partial charge in [-0.3, -0.25) is 9.36 Å². The molecule has 0 saturated carbocycles. The Morgan fingerprint density at radius 2 is 1.79 bits per heavy atom. The van der Waals surface area contributed by atoms with Crippen molar-refractivity contribution in [2.45, 2.75) is 79.7 Å². The molecule has 3 rings (SSSR count). The number of aliphatic hydroxyl groups is 1. The third kappa shape index (κ3) is 8.68. The van der Waals surface area contributed by atoms with Crippen LogP contribution in [0.2, 0.25) is 0 Å². The number of anilines is 1. The maximum Gasteiger partial charge on any atom is 0.348 e. The van der Waals surface area contributed by atoms with E-state index < -0.39 is 28.8 Å². The van der Waals surface area contributed by atoms with Gasteiger partial charge in [-0.05, 0) is 54.2 Å². The molecule has 12 heteroatoms. The fourth-order valence-corrected chi connectivity index (χ4v) is 7.71. The Morgan fingerprint density at radius 3 is 2.38 bits per heavy atom. The molecule has 1 amide bonds. The molecule has 2 aliphatic heterocycles. The van der Waals surface area contributed by atoms with E-state index in [-0.39, 0.29) is 47.5 Å². The molecule has 0 bridgehead atoms. The van der Waals surface area contributed by atoms with Crippen molar-refractivity contribution >= 4 is 40.1 Å². The summed E-state index contributed by atoms with van der Waals surface area (Å²) in [6, 6.07) is 4.93. The van der Waals surface area contributed by atoms with E-state index in [1.165, 1.54) is 13.4 Å². The number of nitrogens with one attached hydrogen (secondary N) is 1.